The number of aromatic nitrogens is 2. The van der Waals surface area contributed by atoms with Crippen LogP contribution in [-0.2, 0) is 5.41 Å². The third kappa shape index (κ3) is 2.60. The molecule has 3 nitrogen and oxygen atoms in total. The Hall–Kier alpha value is -1.26. The molecule has 4 heteroatoms. The van der Waals surface area contributed by atoms with Crippen LogP contribution in [0.4, 0.5) is 0 Å². The maximum atomic E-state index is 6.25. The van der Waals surface area contributed by atoms with Gasteiger partial charge in [0, 0.05) is 0 Å². The predicted molar refractivity (Wildman–Crippen MR) is 75.8 cm³/mol. The minimum Gasteiger partial charge on any atom is -0.320 e. The highest BCUT2D eigenvalue weighted by atomic mass is 32.1. The highest BCUT2D eigenvalue weighted by Crippen LogP contribution is 2.27. The lowest BCUT2D eigenvalue weighted by atomic mass is 9.86. The van der Waals surface area contributed by atoms with Crippen LogP contribution in [0, 0.1) is 6.92 Å². The van der Waals surface area contributed by atoms with Gasteiger partial charge in [0.1, 0.15) is 0 Å². The monoisotopic (exact) mass is 261 g/mol. The van der Waals surface area contributed by atoms with E-state index in [1.54, 1.807) is 0 Å². The average molecular weight is 261 g/mol. The first kappa shape index (κ1) is 13.2. The van der Waals surface area contributed by atoms with Crippen LogP contribution in [0.25, 0.3) is 0 Å². The summed E-state index contributed by atoms with van der Waals surface area (Å²) in [5.41, 5.74) is 9.77. The lowest BCUT2D eigenvalue weighted by Crippen LogP contribution is -2.14. The van der Waals surface area contributed by atoms with Gasteiger partial charge in [0.2, 0.25) is 0 Å². The van der Waals surface area contributed by atoms with Crippen molar-refractivity contribution in [2.75, 3.05) is 0 Å². The van der Waals surface area contributed by atoms with Crippen LogP contribution >= 0.6 is 11.5 Å². The summed E-state index contributed by atoms with van der Waals surface area (Å²) in [5, 5.41) is 4.01. The molecule has 2 N–H and O–H groups in total. The maximum Gasteiger partial charge on any atom is 0.0776 e. The summed E-state index contributed by atoms with van der Waals surface area (Å²) in [6.07, 6.45) is 0. The molecule has 0 fully saturated rings. The number of hydrogen-bond donors (Lipinski definition) is 1. The van der Waals surface area contributed by atoms with Gasteiger partial charge in [-0.15, -0.1) is 5.10 Å². The minimum atomic E-state index is -0.126. The molecule has 0 saturated carbocycles. The Labute approximate surface area is 112 Å². The van der Waals surface area contributed by atoms with E-state index in [9.17, 15) is 0 Å². The van der Waals surface area contributed by atoms with Gasteiger partial charge in [0.25, 0.3) is 0 Å². The molecule has 1 heterocycles. The summed E-state index contributed by atoms with van der Waals surface area (Å²) in [4.78, 5) is 1.04. The van der Waals surface area contributed by atoms with Gasteiger partial charge in [0.05, 0.1) is 16.6 Å². The second kappa shape index (κ2) is 4.78. The Kier molecular flexibility index (Phi) is 3.50. The molecule has 1 aromatic carbocycles. The molecule has 0 bridgehead atoms. The maximum absolute atomic E-state index is 6.25. The number of nitrogens with zero attached hydrogens (tertiary/aromatic N) is 2. The number of aryl methyl sites for hydroxylation is 1. The largest absolute Gasteiger partial charge is 0.320 e. The van der Waals surface area contributed by atoms with E-state index in [0.29, 0.717) is 0 Å². The standard InChI is InChI=1S/C14H19N3S/c1-9-13(18-17-16-9)12(15)10-5-7-11(8-6-10)14(2,3)4/h5-8,12H,15H2,1-4H3. The molecule has 0 aliphatic rings. The first-order chi connectivity index (χ1) is 8.39. The highest BCUT2D eigenvalue weighted by Gasteiger charge is 2.17. The first-order valence-electron chi connectivity index (χ1n) is 6.04. The predicted octanol–water partition coefficient (Wildman–Crippen LogP) is 3.19. The zero-order valence-electron chi connectivity index (χ0n) is 11.3. The Morgan fingerprint density at radius 2 is 1.78 bits per heavy atom. The van der Waals surface area contributed by atoms with Crippen molar-refractivity contribution in [2.24, 2.45) is 5.73 Å². The van der Waals surface area contributed by atoms with Crippen molar-refractivity contribution in [1.29, 1.82) is 0 Å². The lowest BCUT2D eigenvalue weighted by molar-refractivity contribution is 0.589. The van der Waals surface area contributed by atoms with Crippen LogP contribution in [0.5, 0.6) is 0 Å². The van der Waals surface area contributed by atoms with Gasteiger partial charge < -0.3 is 5.73 Å². The van der Waals surface area contributed by atoms with Gasteiger partial charge in [-0.1, -0.05) is 49.5 Å². The molecule has 1 aromatic heterocycles. The lowest BCUT2D eigenvalue weighted by Gasteiger charge is -2.20. The smallest absolute Gasteiger partial charge is 0.0776 e. The normalized spacial score (nSPS) is 13.6. The number of rotatable bonds is 2. The summed E-state index contributed by atoms with van der Waals surface area (Å²) < 4.78 is 3.94. The molecule has 0 amide bonds. The molecule has 1 atom stereocenters. The van der Waals surface area contributed by atoms with E-state index >= 15 is 0 Å². The topological polar surface area (TPSA) is 51.8 Å². The van der Waals surface area contributed by atoms with Crippen LogP contribution in [0.15, 0.2) is 24.3 Å². The van der Waals surface area contributed by atoms with E-state index in [0.717, 1.165) is 16.1 Å². The van der Waals surface area contributed by atoms with E-state index in [4.69, 9.17) is 5.73 Å². The van der Waals surface area contributed by atoms with Crippen molar-refractivity contribution in [3.63, 3.8) is 0 Å². The number of nitrogens with two attached hydrogens (primary N) is 1. The second-order valence-electron chi connectivity index (χ2n) is 5.57. The van der Waals surface area contributed by atoms with Gasteiger partial charge in [-0.2, -0.15) is 0 Å². The molecule has 96 valence electrons. The SMILES string of the molecule is Cc1nnsc1C(N)c1ccc(C(C)(C)C)cc1. The Bertz CT molecular complexity index is 523. The Morgan fingerprint density at radius 1 is 1.17 bits per heavy atom. The van der Waals surface area contributed by atoms with E-state index < -0.39 is 0 Å². The van der Waals surface area contributed by atoms with Crippen LogP contribution < -0.4 is 5.73 Å². The fraction of sp³-hybridized carbons (Fsp3) is 0.429. The van der Waals surface area contributed by atoms with Crippen molar-refractivity contribution < 1.29 is 0 Å². The quantitative estimate of drug-likeness (QED) is 0.903. The van der Waals surface area contributed by atoms with Crippen molar-refractivity contribution in [3.05, 3.63) is 46.0 Å². The molecular formula is C14H19N3S. The van der Waals surface area contributed by atoms with E-state index in [1.807, 2.05) is 6.92 Å². The first-order valence-corrected chi connectivity index (χ1v) is 6.82. The van der Waals surface area contributed by atoms with Crippen molar-refractivity contribution >= 4 is 11.5 Å². The minimum absolute atomic E-state index is 0.126. The summed E-state index contributed by atoms with van der Waals surface area (Å²) in [6, 6.07) is 8.38. The van der Waals surface area contributed by atoms with E-state index in [-0.39, 0.29) is 11.5 Å². The summed E-state index contributed by atoms with van der Waals surface area (Å²) in [6.45, 7) is 8.57. The molecule has 18 heavy (non-hydrogen) atoms. The molecule has 0 aliphatic carbocycles. The van der Waals surface area contributed by atoms with Gasteiger partial charge in [-0.3, -0.25) is 0 Å². The van der Waals surface area contributed by atoms with Crippen molar-refractivity contribution in [2.45, 2.75) is 39.2 Å². The van der Waals surface area contributed by atoms with Crippen LogP contribution in [0.2, 0.25) is 0 Å². The second-order valence-corrected chi connectivity index (χ2v) is 6.36. The molecule has 2 aromatic rings. The van der Waals surface area contributed by atoms with Crippen molar-refractivity contribution in [3.8, 4) is 0 Å². The Balaban J connectivity index is 2.28. The molecule has 1 unspecified atom stereocenters. The zero-order valence-corrected chi connectivity index (χ0v) is 12.1. The summed E-state index contributed by atoms with van der Waals surface area (Å²) >= 11 is 1.38. The van der Waals surface area contributed by atoms with Crippen LogP contribution in [0.3, 0.4) is 0 Å². The van der Waals surface area contributed by atoms with E-state index in [2.05, 4.69) is 54.6 Å². The fourth-order valence-electron chi connectivity index (χ4n) is 1.86. The zero-order chi connectivity index (χ0) is 13.3. The molecule has 0 saturated heterocycles. The summed E-state index contributed by atoms with van der Waals surface area (Å²) in [7, 11) is 0. The van der Waals surface area contributed by atoms with Crippen LogP contribution in [-0.4, -0.2) is 9.59 Å². The number of hydrogen-bond acceptors (Lipinski definition) is 4. The summed E-state index contributed by atoms with van der Waals surface area (Å²) in [5.74, 6) is 0. The number of benzene rings is 1. The van der Waals surface area contributed by atoms with E-state index in [1.165, 1.54) is 17.1 Å². The third-order valence-corrected chi connectivity index (χ3v) is 4.01. The molecule has 2 rings (SSSR count). The Morgan fingerprint density at radius 3 is 2.22 bits per heavy atom. The average Bonchev–Trinajstić information content (AvgIpc) is 2.73. The molecule has 0 aliphatic heterocycles. The molecule has 0 spiro atoms. The van der Waals surface area contributed by atoms with Gasteiger partial charge >= 0.3 is 0 Å². The third-order valence-electron chi connectivity index (χ3n) is 3.10. The fourth-order valence-corrected chi connectivity index (χ4v) is 2.54. The van der Waals surface area contributed by atoms with Crippen LogP contribution in [0.1, 0.15) is 48.5 Å². The van der Waals surface area contributed by atoms with Gasteiger partial charge in [-0.05, 0) is 35.0 Å². The highest BCUT2D eigenvalue weighted by molar-refractivity contribution is 7.05. The van der Waals surface area contributed by atoms with Crippen molar-refractivity contribution in [1.82, 2.24) is 9.59 Å². The van der Waals surface area contributed by atoms with Gasteiger partial charge in [0.15, 0.2) is 0 Å². The molecule has 0 radical (unpaired) electrons. The molecular weight excluding hydrogens is 242 g/mol. The van der Waals surface area contributed by atoms with Gasteiger partial charge in [-0.25, -0.2) is 0 Å².